The number of carbonyl (C=O) groups is 1. The third-order valence-corrected chi connectivity index (χ3v) is 2.26. The summed E-state index contributed by atoms with van der Waals surface area (Å²) in [5, 5.41) is 7.00. The molecular formula is C9H15N3O2. The number of aldehydes is 1. The summed E-state index contributed by atoms with van der Waals surface area (Å²) >= 11 is 0. The molecule has 1 aromatic rings. The fourth-order valence-corrected chi connectivity index (χ4v) is 1.65. The number of nitrogens with zero attached hydrogens (tertiary/aromatic N) is 2. The fourth-order valence-electron chi connectivity index (χ4n) is 1.65. The highest BCUT2D eigenvalue weighted by molar-refractivity contribution is 5.79. The van der Waals surface area contributed by atoms with E-state index in [-0.39, 0.29) is 0 Å². The monoisotopic (exact) mass is 197 g/mol. The molecule has 1 aliphatic rings. The Morgan fingerprint density at radius 1 is 1.50 bits per heavy atom. The van der Waals surface area contributed by atoms with E-state index < -0.39 is 0 Å². The van der Waals surface area contributed by atoms with Gasteiger partial charge in [0.25, 0.3) is 0 Å². The van der Waals surface area contributed by atoms with Crippen LogP contribution in [0.4, 0.5) is 5.82 Å². The van der Waals surface area contributed by atoms with E-state index in [4.69, 9.17) is 10.8 Å². The lowest BCUT2D eigenvalue weighted by Crippen LogP contribution is -2.12. The molecule has 1 aromatic heterocycles. The summed E-state index contributed by atoms with van der Waals surface area (Å²) in [5.74, 6) is 1.34. The maximum Gasteiger partial charge on any atom is 0.170 e. The Balaban J connectivity index is 0.000000461. The molecule has 5 heteroatoms. The van der Waals surface area contributed by atoms with Gasteiger partial charge >= 0.3 is 0 Å². The smallest absolute Gasteiger partial charge is 0.170 e. The number of fused-ring (bicyclic) bond motifs is 1. The summed E-state index contributed by atoms with van der Waals surface area (Å²) in [5.41, 5.74) is 6.11. The summed E-state index contributed by atoms with van der Waals surface area (Å²) in [6, 6.07) is 0. The number of aliphatic hydroxyl groups excluding tert-OH is 1. The second-order valence-corrected chi connectivity index (χ2v) is 3.03. The van der Waals surface area contributed by atoms with E-state index >= 15 is 0 Å². The molecule has 0 radical (unpaired) electrons. The predicted octanol–water partition coefficient (Wildman–Crippen LogP) is 0.223. The number of imidazole rings is 1. The molecular weight excluding hydrogens is 182 g/mol. The van der Waals surface area contributed by atoms with E-state index in [0.29, 0.717) is 11.5 Å². The van der Waals surface area contributed by atoms with Crippen LogP contribution in [-0.2, 0) is 13.0 Å². The number of nitrogen functional groups attached to an aromatic ring is 1. The highest BCUT2D eigenvalue weighted by atomic mass is 16.2. The molecule has 14 heavy (non-hydrogen) atoms. The van der Waals surface area contributed by atoms with Gasteiger partial charge in [0.05, 0.1) is 0 Å². The number of hydrogen-bond acceptors (Lipinski definition) is 4. The minimum atomic E-state index is 0.377. The number of aliphatic hydroxyl groups is 1. The van der Waals surface area contributed by atoms with Crippen LogP contribution < -0.4 is 5.73 Å². The molecule has 1 aliphatic heterocycles. The van der Waals surface area contributed by atoms with Crippen LogP contribution in [-0.4, -0.2) is 28.1 Å². The highest BCUT2D eigenvalue weighted by Crippen LogP contribution is 2.19. The summed E-state index contributed by atoms with van der Waals surface area (Å²) < 4.78 is 1.92. The molecule has 0 saturated heterocycles. The quantitative estimate of drug-likeness (QED) is 0.631. The van der Waals surface area contributed by atoms with Gasteiger partial charge in [-0.1, -0.05) is 0 Å². The Morgan fingerprint density at radius 3 is 2.86 bits per heavy atom. The number of rotatable bonds is 1. The van der Waals surface area contributed by atoms with Crippen molar-refractivity contribution in [1.29, 1.82) is 0 Å². The van der Waals surface area contributed by atoms with Gasteiger partial charge in [-0.15, -0.1) is 0 Å². The SMILES string of the molecule is CO.Nc1nc2n(c1C=O)CCCC2. The van der Waals surface area contributed by atoms with Crippen LogP contribution in [0.15, 0.2) is 0 Å². The zero-order valence-electron chi connectivity index (χ0n) is 8.23. The third kappa shape index (κ3) is 1.77. The van der Waals surface area contributed by atoms with Gasteiger partial charge in [0.1, 0.15) is 11.5 Å². The van der Waals surface area contributed by atoms with Crippen LogP contribution in [0.5, 0.6) is 0 Å². The summed E-state index contributed by atoms with van der Waals surface area (Å²) in [6.45, 7) is 0.883. The molecule has 0 fully saturated rings. The van der Waals surface area contributed by atoms with Gasteiger partial charge in [0.2, 0.25) is 0 Å². The van der Waals surface area contributed by atoms with Gasteiger partial charge in [-0.2, -0.15) is 0 Å². The van der Waals surface area contributed by atoms with Crippen LogP contribution in [0.25, 0.3) is 0 Å². The largest absolute Gasteiger partial charge is 0.400 e. The molecule has 2 rings (SSSR count). The molecule has 0 atom stereocenters. The normalized spacial score (nSPS) is 13.9. The number of aryl methyl sites for hydroxylation is 1. The van der Waals surface area contributed by atoms with Crippen molar-refractivity contribution in [2.45, 2.75) is 25.8 Å². The average Bonchev–Trinajstić information content (AvgIpc) is 2.56. The van der Waals surface area contributed by atoms with Crippen LogP contribution in [0.1, 0.15) is 29.2 Å². The second kappa shape index (κ2) is 4.76. The van der Waals surface area contributed by atoms with E-state index in [2.05, 4.69) is 4.98 Å². The number of nitrogens with two attached hydrogens (primary N) is 1. The zero-order valence-corrected chi connectivity index (χ0v) is 8.23. The van der Waals surface area contributed by atoms with Gasteiger partial charge in [-0.3, -0.25) is 4.79 Å². The van der Waals surface area contributed by atoms with Crippen molar-refractivity contribution in [2.24, 2.45) is 0 Å². The number of carbonyl (C=O) groups excluding carboxylic acids is 1. The second-order valence-electron chi connectivity index (χ2n) is 3.03. The topological polar surface area (TPSA) is 81.1 Å². The molecule has 5 nitrogen and oxygen atoms in total. The standard InChI is InChI=1S/C8H11N3O.CH4O/c9-8-6(5-12)11-4-2-1-3-7(11)10-8;1-2/h5H,1-4,9H2;2H,1H3. The molecule has 0 amide bonds. The summed E-state index contributed by atoms with van der Waals surface area (Å²) in [6.07, 6.45) is 3.99. The van der Waals surface area contributed by atoms with Crippen LogP contribution >= 0.6 is 0 Å². The van der Waals surface area contributed by atoms with Crippen LogP contribution in [0.2, 0.25) is 0 Å². The lowest BCUT2D eigenvalue weighted by atomic mass is 10.2. The molecule has 0 bridgehead atoms. The van der Waals surface area contributed by atoms with Crippen molar-refractivity contribution >= 4 is 12.1 Å². The van der Waals surface area contributed by atoms with E-state index in [0.717, 1.165) is 45.0 Å². The molecule has 0 aliphatic carbocycles. The van der Waals surface area contributed by atoms with E-state index in [9.17, 15) is 4.79 Å². The summed E-state index contributed by atoms with van der Waals surface area (Å²) in [7, 11) is 1.00. The van der Waals surface area contributed by atoms with Crippen molar-refractivity contribution < 1.29 is 9.90 Å². The first-order valence-corrected chi connectivity index (χ1v) is 4.57. The number of hydrogen-bond donors (Lipinski definition) is 2. The van der Waals surface area contributed by atoms with Crippen molar-refractivity contribution in [3.63, 3.8) is 0 Å². The number of anilines is 1. The predicted molar refractivity (Wildman–Crippen MR) is 53.1 cm³/mol. The van der Waals surface area contributed by atoms with Crippen molar-refractivity contribution in [2.75, 3.05) is 12.8 Å². The van der Waals surface area contributed by atoms with Gasteiger partial charge < -0.3 is 15.4 Å². The van der Waals surface area contributed by atoms with Crippen LogP contribution in [0, 0.1) is 0 Å². The Bertz CT molecular complexity index is 320. The zero-order chi connectivity index (χ0) is 10.6. The summed E-state index contributed by atoms with van der Waals surface area (Å²) in [4.78, 5) is 14.8. The Labute approximate surface area is 82.6 Å². The lowest BCUT2D eigenvalue weighted by Gasteiger charge is -2.13. The van der Waals surface area contributed by atoms with Crippen LogP contribution in [0.3, 0.4) is 0 Å². The fraction of sp³-hybridized carbons (Fsp3) is 0.556. The van der Waals surface area contributed by atoms with Crippen molar-refractivity contribution in [1.82, 2.24) is 9.55 Å². The van der Waals surface area contributed by atoms with Gasteiger partial charge in [-0.25, -0.2) is 4.98 Å². The van der Waals surface area contributed by atoms with E-state index in [1.54, 1.807) is 0 Å². The molecule has 0 unspecified atom stereocenters. The minimum Gasteiger partial charge on any atom is -0.400 e. The van der Waals surface area contributed by atoms with Crippen molar-refractivity contribution in [3.05, 3.63) is 11.5 Å². The molecule has 0 saturated carbocycles. The van der Waals surface area contributed by atoms with Gasteiger partial charge in [-0.05, 0) is 12.8 Å². The first kappa shape index (κ1) is 10.7. The first-order chi connectivity index (χ1) is 6.83. The lowest BCUT2D eigenvalue weighted by molar-refractivity contribution is 0.111. The Kier molecular flexibility index (Phi) is 3.64. The molecule has 0 spiro atoms. The maximum atomic E-state index is 10.6. The molecule has 3 N–H and O–H groups in total. The Morgan fingerprint density at radius 2 is 2.21 bits per heavy atom. The molecule has 78 valence electrons. The maximum absolute atomic E-state index is 10.6. The first-order valence-electron chi connectivity index (χ1n) is 4.57. The Hall–Kier alpha value is -1.36. The van der Waals surface area contributed by atoms with Crippen molar-refractivity contribution in [3.8, 4) is 0 Å². The third-order valence-electron chi connectivity index (χ3n) is 2.26. The average molecular weight is 197 g/mol. The number of aromatic nitrogens is 2. The highest BCUT2D eigenvalue weighted by Gasteiger charge is 2.16. The van der Waals surface area contributed by atoms with Gasteiger partial charge in [0, 0.05) is 20.1 Å². The van der Waals surface area contributed by atoms with E-state index in [1.165, 1.54) is 0 Å². The van der Waals surface area contributed by atoms with E-state index in [1.807, 2.05) is 4.57 Å². The minimum absolute atomic E-state index is 0.377. The van der Waals surface area contributed by atoms with Gasteiger partial charge in [0.15, 0.2) is 12.1 Å². The molecule has 2 heterocycles. The molecule has 0 aromatic carbocycles.